The van der Waals surface area contributed by atoms with Crippen LogP contribution in [0.4, 0.5) is 0 Å². The van der Waals surface area contributed by atoms with Crippen LogP contribution in [0.1, 0.15) is 44.2 Å². The van der Waals surface area contributed by atoms with E-state index in [9.17, 15) is 0 Å². The van der Waals surface area contributed by atoms with Gasteiger partial charge in [0.2, 0.25) is 0 Å². The molecule has 4 nitrogen and oxygen atoms in total. The Kier molecular flexibility index (Phi) is 8.75. The Morgan fingerprint density at radius 3 is 2.79 bits per heavy atom. The molecular formula is C20H33NO3. The van der Waals surface area contributed by atoms with Gasteiger partial charge in [0.05, 0.1) is 13.2 Å². The van der Waals surface area contributed by atoms with Gasteiger partial charge in [-0.3, -0.25) is 0 Å². The summed E-state index contributed by atoms with van der Waals surface area (Å²) in [7, 11) is 1.76. The summed E-state index contributed by atoms with van der Waals surface area (Å²) in [6.45, 7) is 7.61. The topological polar surface area (TPSA) is 39.7 Å². The van der Waals surface area contributed by atoms with Crippen LogP contribution >= 0.6 is 0 Å². The summed E-state index contributed by atoms with van der Waals surface area (Å²) in [5.41, 5.74) is 2.63. The standard InChI is InChI=1S/C20H33NO3/c1-16(2)19(15-22-3)21-14-18-8-6-7-17(13-18)10-12-24-20-9-4-5-11-23-20/h6-8,13,16,19-21H,4-5,9-12,14-15H2,1-3H3/t19-,20?/m0/s1. The van der Waals surface area contributed by atoms with Gasteiger partial charge in [0.25, 0.3) is 0 Å². The second-order valence-corrected chi connectivity index (χ2v) is 6.92. The Balaban J connectivity index is 1.75. The lowest BCUT2D eigenvalue weighted by molar-refractivity contribution is -0.161. The first-order chi connectivity index (χ1) is 11.7. The number of rotatable bonds is 10. The van der Waals surface area contributed by atoms with Crippen molar-refractivity contribution in [2.75, 3.05) is 26.9 Å². The van der Waals surface area contributed by atoms with Crippen LogP contribution in [0.2, 0.25) is 0 Å². The Hall–Kier alpha value is -0.940. The molecule has 4 heteroatoms. The minimum atomic E-state index is 0.00411. The van der Waals surface area contributed by atoms with Gasteiger partial charge in [-0.05, 0) is 42.7 Å². The highest BCUT2D eigenvalue weighted by Gasteiger charge is 2.14. The van der Waals surface area contributed by atoms with Gasteiger partial charge >= 0.3 is 0 Å². The zero-order valence-electron chi connectivity index (χ0n) is 15.4. The minimum Gasteiger partial charge on any atom is -0.383 e. The van der Waals surface area contributed by atoms with Crippen molar-refractivity contribution in [3.05, 3.63) is 35.4 Å². The van der Waals surface area contributed by atoms with Crippen LogP contribution in [-0.4, -0.2) is 39.3 Å². The quantitative estimate of drug-likeness (QED) is 0.710. The average Bonchev–Trinajstić information content (AvgIpc) is 2.60. The second kappa shape index (κ2) is 10.8. The van der Waals surface area contributed by atoms with Crippen molar-refractivity contribution in [3.8, 4) is 0 Å². The van der Waals surface area contributed by atoms with E-state index >= 15 is 0 Å². The van der Waals surface area contributed by atoms with E-state index in [0.29, 0.717) is 12.0 Å². The molecule has 0 aliphatic carbocycles. The number of hydrogen-bond acceptors (Lipinski definition) is 4. The maximum atomic E-state index is 5.83. The van der Waals surface area contributed by atoms with Gasteiger partial charge < -0.3 is 19.5 Å². The van der Waals surface area contributed by atoms with Crippen molar-refractivity contribution >= 4 is 0 Å². The van der Waals surface area contributed by atoms with Crippen LogP contribution in [0.25, 0.3) is 0 Å². The maximum Gasteiger partial charge on any atom is 0.157 e. The normalized spacial score (nSPS) is 19.6. The smallest absolute Gasteiger partial charge is 0.157 e. The van der Waals surface area contributed by atoms with E-state index in [1.165, 1.54) is 17.5 Å². The van der Waals surface area contributed by atoms with Crippen molar-refractivity contribution in [1.29, 1.82) is 0 Å². The molecule has 1 fully saturated rings. The molecule has 1 heterocycles. The number of methoxy groups -OCH3 is 1. The summed E-state index contributed by atoms with van der Waals surface area (Å²) in [6, 6.07) is 9.12. The van der Waals surface area contributed by atoms with Crippen LogP contribution in [-0.2, 0) is 27.2 Å². The van der Waals surface area contributed by atoms with Gasteiger partial charge in [0, 0.05) is 26.3 Å². The number of ether oxygens (including phenoxy) is 3. The Morgan fingerprint density at radius 1 is 1.25 bits per heavy atom. The Bertz CT molecular complexity index is 458. The van der Waals surface area contributed by atoms with E-state index in [1.54, 1.807) is 7.11 Å². The molecule has 0 amide bonds. The van der Waals surface area contributed by atoms with Crippen LogP contribution in [0.3, 0.4) is 0 Å². The molecule has 0 spiro atoms. The molecule has 0 aromatic heterocycles. The SMILES string of the molecule is COC[C@H](NCc1cccc(CCOC2CCCCO2)c1)C(C)C. The summed E-state index contributed by atoms with van der Waals surface area (Å²) >= 11 is 0. The molecule has 2 rings (SSSR count). The van der Waals surface area contributed by atoms with E-state index in [4.69, 9.17) is 14.2 Å². The Morgan fingerprint density at radius 2 is 2.08 bits per heavy atom. The van der Waals surface area contributed by atoms with Crippen molar-refractivity contribution < 1.29 is 14.2 Å². The first kappa shape index (κ1) is 19.4. The molecule has 136 valence electrons. The van der Waals surface area contributed by atoms with Gasteiger partial charge in [-0.1, -0.05) is 38.1 Å². The van der Waals surface area contributed by atoms with Crippen LogP contribution in [0.5, 0.6) is 0 Å². The van der Waals surface area contributed by atoms with E-state index in [2.05, 4.69) is 43.4 Å². The zero-order chi connectivity index (χ0) is 17.2. The van der Waals surface area contributed by atoms with Gasteiger partial charge in [-0.15, -0.1) is 0 Å². The summed E-state index contributed by atoms with van der Waals surface area (Å²) in [6.07, 6.45) is 4.34. The predicted octanol–water partition coefficient (Wildman–Crippen LogP) is 3.53. The first-order valence-corrected chi connectivity index (χ1v) is 9.22. The number of hydrogen-bond donors (Lipinski definition) is 1. The van der Waals surface area contributed by atoms with Crippen molar-refractivity contribution in [3.63, 3.8) is 0 Å². The summed E-state index contributed by atoms with van der Waals surface area (Å²) < 4.78 is 16.7. The zero-order valence-corrected chi connectivity index (χ0v) is 15.4. The molecule has 1 aromatic carbocycles. The summed E-state index contributed by atoms with van der Waals surface area (Å²) in [5.74, 6) is 0.553. The van der Waals surface area contributed by atoms with Crippen LogP contribution in [0, 0.1) is 5.92 Å². The van der Waals surface area contributed by atoms with Gasteiger partial charge in [-0.2, -0.15) is 0 Å². The molecule has 1 saturated heterocycles. The molecule has 1 aliphatic heterocycles. The van der Waals surface area contributed by atoms with Gasteiger partial charge in [0.15, 0.2) is 6.29 Å². The highest BCUT2D eigenvalue weighted by molar-refractivity contribution is 5.23. The molecule has 0 bridgehead atoms. The fourth-order valence-corrected chi connectivity index (χ4v) is 2.96. The Labute approximate surface area is 146 Å². The second-order valence-electron chi connectivity index (χ2n) is 6.92. The molecule has 1 aromatic rings. The van der Waals surface area contributed by atoms with Crippen LogP contribution in [0.15, 0.2) is 24.3 Å². The van der Waals surface area contributed by atoms with Crippen molar-refractivity contribution in [2.45, 2.75) is 58.4 Å². The van der Waals surface area contributed by atoms with E-state index in [-0.39, 0.29) is 6.29 Å². The molecule has 1 aliphatic rings. The third-order valence-corrected chi connectivity index (χ3v) is 4.54. The highest BCUT2D eigenvalue weighted by atomic mass is 16.7. The minimum absolute atomic E-state index is 0.00411. The molecule has 0 radical (unpaired) electrons. The average molecular weight is 335 g/mol. The third-order valence-electron chi connectivity index (χ3n) is 4.54. The highest BCUT2D eigenvalue weighted by Crippen LogP contribution is 2.14. The fraction of sp³-hybridized carbons (Fsp3) is 0.700. The van der Waals surface area contributed by atoms with E-state index < -0.39 is 0 Å². The largest absolute Gasteiger partial charge is 0.383 e. The molecule has 1 unspecified atom stereocenters. The molecule has 0 saturated carbocycles. The lowest BCUT2D eigenvalue weighted by Gasteiger charge is -2.23. The first-order valence-electron chi connectivity index (χ1n) is 9.22. The predicted molar refractivity (Wildman–Crippen MR) is 97.0 cm³/mol. The van der Waals surface area contributed by atoms with Crippen molar-refractivity contribution in [1.82, 2.24) is 5.32 Å². The fourth-order valence-electron chi connectivity index (χ4n) is 2.96. The molecule has 2 atom stereocenters. The van der Waals surface area contributed by atoms with Gasteiger partial charge in [-0.25, -0.2) is 0 Å². The van der Waals surface area contributed by atoms with E-state index in [0.717, 1.165) is 45.6 Å². The molecule has 1 N–H and O–H groups in total. The third kappa shape index (κ3) is 6.89. The number of nitrogens with one attached hydrogen (secondary N) is 1. The summed E-state index contributed by atoms with van der Waals surface area (Å²) in [4.78, 5) is 0. The number of benzene rings is 1. The molecular weight excluding hydrogens is 302 g/mol. The summed E-state index contributed by atoms with van der Waals surface area (Å²) in [5, 5.41) is 3.60. The maximum absolute atomic E-state index is 5.83. The lowest BCUT2D eigenvalue weighted by Crippen LogP contribution is -2.37. The molecule has 24 heavy (non-hydrogen) atoms. The van der Waals surface area contributed by atoms with Crippen LogP contribution < -0.4 is 5.32 Å². The lowest BCUT2D eigenvalue weighted by atomic mass is 10.0. The van der Waals surface area contributed by atoms with E-state index in [1.807, 2.05) is 0 Å². The monoisotopic (exact) mass is 335 g/mol. The van der Waals surface area contributed by atoms with Crippen molar-refractivity contribution in [2.24, 2.45) is 5.92 Å². The van der Waals surface area contributed by atoms with Gasteiger partial charge in [0.1, 0.15) is 0 Å².